The molecule has 0 bridgehead atoms. The molecule has 0 amide bonds. The van der Waals surface area contributed by atoms with Crippen LogP contribution in [-0.2, 0) is 9.84 Å². The van der Waals surface area contributed by atoms with Gasteiger partial charge in [0.05, 0.1) is 4.90 Å². The van der Waals surface area contributed by atoms with Gasteiger partial charge in [0.2, 0.25) is 0 Å². The van der Waals surface area contributed by atoms with Gasteiger partial charge in [-0.05, 0) is 18.2 Å². The number of hydrogen-bond acceptors (Lipinski definition) is 2. The average Bonchev–Trinajstić information content (AvgIpc) is 1.82. The fourth-order valence-electron chi connectivity index (χ4n) is 0.917. The highest BCUT2D eigenvalue weighted by Gasteiger charge is 2.07. The molecule has 0 atom stereocenters. The van der Waals surface area contributed by atoms with Gasteiger partial charge in [0.15, 0.2) is 9.84 Å². The molecule has 0 aliphatic heterocycles. The van der Waals surface area contributed by atoms with E-state index in [1.54, 1.807) is 12.1 Å². The molecule has 0 spiro atoms. The van der Waals surface area contributed by atoms with Crippen LogP contribution in [0.15, 0.2) is 27.6 Å². The Morgan fingerprint density at radius 1 is 1.33 bits per heavy atom. The van der Waals surface area contributed by atoms with Crippen LogP contribution in [0.1, 0.15) is 0 Å². The van der Waals surface area contributed by atoms with E-state index in [0.717, 1.165) is 19.9 Å². The van der Waals surface area contributed by atoms with Crippen molar-refractivity contribution in [3.63, 3.8) is 0 Å². The van der Waals surface area contributed by atoms with Gasteiger partial charge in [-0.2, -0.15) is 0 Å². The normalized spacial score (nSPS) is 11.8. The van der Waals surface area contributed by atoms with Crippen molar-refractivity contribution in [1.82, 2.24) is 0 Å². The van der Waals surface area contributed by atoms with Crippen LogP contribution >= 0.6 is 15.9 Å². The molecule has 1 rings (SSSR count). The highest BCUT2D eigenvalue weighted by atomic mass is 79.9. The first-order valence-corrected chi connectivity index (χ1v) is 7.05. The number of halogens is 1. The Kier molecular flexibility index (Phi) is 2.75. The third-order valence-electron chi connectivity index (χ3n) is 1.44. The van der Waals surface area contributed by atoms with Gasteiger partial charge in [-0.1, -0.05) is 21.1 Å². The van der Waals surface area contributed by atoms with Gasteiger partial charge >= 0.3 is 0 Å². The van der Waals surface area contributed by atoms with E-state index in [2.05, 4.69) is 15.9 Å². The van der Waals surface area contributed by atoms with Gasteiger partial charge in [-0.3, -0.25) is 0 Å². The molecular weight excluding hydrogens is 256 g/mol. The van der Waals surface area contributed by atoms with Crippen molar-refractivity contribution < 1.29 is 8.42 Å². The molecule has 1 aromatic rings. The molecular formula is C7H9BrO2SSi. The number of rotatable bonds is 1. The van der Waals surface area contributed by atoms with Crippen LogP contribution in [0.25, 0.3) is 0 Å². The van der Waals surface area contributed by atoms with Gasteiger partial charge in [-0.15, -0.1) is 0 Å². The second kappa shape index (κ2) is 3.31. The van der Waals surface area contributed by atoms with Crippen LogP contribution in [0, 0.1) is 0 Å². The lowest BCUT2D eigenvalue weighted by molar-refractivity contribution is 0.602. The molecule has 0 heterocycles. The highest BCUT2D eigenvalue weighted by Crippen LogP contribution is 2.13. The summed E-state index contributed by atoms with van der Waals surface area (Å²) >= 11 is 3.26. The summed E-state index contributed by atoms with van der Waals surface area (Å²) in [5.41, 5.74) is 0. The minimum Gasteiger partial charge on any atom is -0.224 e. The smallest absolute Gasteiger partial charge is 0.175 e. The Morgan fingerprint density at radius 3 is 2.33 bits per heavy atom. The molecule has 1 aromatic carbocycles. The molecule has 0 N–H and O–H groups in total. The number of hydrogen-bond donors (Lipinski definition) is 0. The van der Waals surface area contributed by atoms with E-state index in [-0.39, 0.29) is 0 Å². The van der Waals surface area contributed by atoms with E-state index < -0.39 is 9.84 Å². The van der Waals surface area contributed by atoms with Gasteiger partial charge in [0.25, 0.3) is 0 Å². The van der Waals surface area contributed by atoms with Crippen LogP contribution in [0.5, 0.6) is 0 Å². The van der Waals surface area contributed by atoms with E-state index in [4.69, 9.17) is 0 Å². The molecule has 66 valence electrons. The zero-order valence-corrected chi connectivity index (χ0v) is 11.2. The zero-order chi connectivity index (χ0) is 9.35. The lowest BCUT2D eigenvalue weighted by Crippen LogP contribution is -2.06. The van der Waals surface area contributed by atoms with Crippen LogP contribution in [0.4, 0.5) is 0 Å². The third kappa shape index (κ3) is 2.43. The first-order chi connectivity index (χ1) is 5.39. The summed E-state index contributed by atoms with van der Waals surface area (Å²) in [7, 11) is -2.20. The molecule has 2 nitrogen and oxygen atoms in total. The maximum absolute atomic E-state index is 11.1. The Morgan fingerprint density at radius 2 is 1.92 bits per heavy atom. The van der Waals surface area contributed by atoms with Crippen LogP contribution in [0.3, 0.4) is 0 Å². The zero-order valence-electron chi connectivity index (χ0n) is 6.83. The van der Waals surface area contributed by atoms with E-state index in [1.165, 1.54) is 6.26 Å². The van der Waals surface area contributed by atoms with E-state index in [9.17, 15) is 8.42 Å². The van der Waals surface area contributed by atoms with E-state index in [1.807, 2.05) is 6.07 Å². The second-order valence-electron chi connectivity index (χ2n) is 2.74. The third-order valence-corrected chi connectivity index (χ3v) is 3.57. The topological polar surface area (TPSA) is 34.1 Å². The monoisotopic (exact) mass is 264 g/mol. The standard InChI is InChI=1S/C7H9BrO2SSi/c1-11(9,10)6-2-5(8)3-7(12)4-6/h2-4H,1,12H3. The first-order valence-electron chi connectivity index (χ1n) is 3.37. The molecule has 12 heavy (non-hydrogen) atoms. The van der Waals surface area contributed by atoms with Crippen molar-refractivity contribution in [2.75, 3.05) is 6.26 Å². The van der Waals surface area contributed by atoms with Gasteiger partial charge in [0, 0.05) is 21.0 Å². The summed E-state index contributed by atoms with van der Waals surface area (Å²) in [6, 6.07) is 5.27. The van der Waals surface area contributed by atoms with Gasteiger partial charge in [0.1, 0.15) is 0 Å². The lowest BCUT2D eigenvalue weighted by atomic mass is 10.4. The Balaban J connectivity index is 3.37. The quantitative estimate of drug-likeness (QED) is 0.661. The van der Waals surface area contributed by atoms with Crippen LogP contribution in [0.2, 0.25) is 0 Å². The Bertz CT molecular complexity index is 380. The predicted molar refractivity (Wildman–Crippen MR) is 56.8 cm³/mol. The Labute approximate surface area is 83.5 Å². The van der Waals surface area contributed by atoms with Crippen molar-refractivity contribution in [3.8, 4) is 0 Å². The minimum atomic E-state index is -3.06. The largest absolute Gasteiger partial charge is 0.224 e. The second-order valence-corrected chi connectivity index (χ2v) is 6.82. The van der Waals surface area contributed by atoms with E-state index >= 15 is 0 Å². The van der Waals surface area contributed by atoms with Crippen molar-refractivity contribution in [2.45, 2.75) is 4.90 Å². The van der Waals surface area contributed by atoms with Crippen molar-refractivity contribution in [1.29, 1.82) is 0 Å². The summed E-state index contributed by atoms with van der Waals surface area (Å²) in [5, 5.41) is 1.07. The summed E-state index contributed by atoms with van der Waals surface area (Å²) < 4.78 is 23.1. The van der Waals surface area contributed by atoms with Crippen molar-refractivity contribution >= 4 is 41.2 Å². The fourth-order valence-corrected chi connectivity index (χ4v) is 3.67. The summed E-state index contributed by atoms with van der Waals surface area (Å²) in [4.78, 5) is 0.391. The first kappa shape index (κ1) is 9.95. The van der Waals surface area contributed by atoms with Crippen molar-refractivity contribution in [2.24, 2.45) is 0 Å². The van der Waals surface area contributed by atoms with Crippen LogP contribution in [-0.4, -0.2) is 24.9 Å². The molecule has 0 saturated carbocycles. The molecule has 0 aliphatic rings. The summed E-state index contributed by atoms with van der Waals surface area (Å²) in [6.07, 6.45) is 1.22. The molecule has 0 aliphatic carbocycles. The van der Waals surface area contributed by atoms with Gasteiger partial charge < -0.3 is 0 Å². The van der Waals surface area contributed by atoms with Crippen molar-refractivity contribution in [3.05, 3.63) is 22.7 Å². The molecule has 0 fully saturated rings. The summed E-state index contributed by atoms with van der Waals surface area (Å²) in [6.45, 7) is 0. The molecule has 0 aromatic heterocycles. The highest BCUT2D eigenvalue weighted by molar-refractivity contribution is 9.10. The predicted octanol–water partition coefficient (Wildman–Crippen LogP) is -0.157. The SMILES string of the molecule is CS(=O)(=O)c1cc([SiH3])cc(Br)c1. The molecule has 0 unspecified atom stereocenters. The molecule has 0 radical (unpaired) electrons. The van der Waals surface area contributed by atoms with Gasteiger partial charge in [-0.25, -0.2) is 8.42 Å². The maximum atomic E-state index is 11.1. The Hall–Kier alpha value is -0.133. The lowest BCUT2D eigenvalue weighted by Gasteiger charge is -2.00. The number of sulfone groups is 1. The molecule has 0 saturated heterocycles. The average molecular weight is 265 g/mol. The number of benzene rings is 1. The van der Waals surface area contributed by atoms with E-state index in [0.29, 0.717) is 4.90 Å². The fraction of sp³-hybridized carbons (Fsp3) is 0.143. The maximum Gasteiger partial charge on any atom is 0.175 e. The summed E-state index contributed by atoms with van der Waals surface area (Å²) in [5.74, 6) is 0. The van der Waals surface area contributed by atoms with Crippen LogP contribution < -0.4 is 5.19 Å². The molecule has 5 heteroatoms. The minimum absolute atomic E-state index is 0.391.